The predicted octanol–water partition coefficient (Wildman–Crippen LogP) is 2.02. The maximum atomic E-state index is 12.2. The Morgan fingerprint density at radius 1 is 1.47 bits per heavy atom. The van der Waals surface area contributed by atoms with Crippen LogP contribution in [0.1, 0.15) is 37.9 Å². The molecule has 19 heavy (non-hydrogen) atoms. The van der Waals surface area contributed by atoms with E-state index >= 15 is 0 Å². The van der Waals surface area contributed by atoms with E-state index in [0.29, 0.717) is 12.1 Å². The van der Waals surface area contributed by atoms with Gasteiger partial charge in [0, 0.05) is 12.6 Å². The molecule has 0 fully saturated rings. The molecule has 0 bridgehead atoms. The van der Waals surface area contributed by atoms with E-state index in [1.54, 1.807) is 18.3 Å². The fourth-order valence-corrected chi connectivity index (χ4v) is 1.74. The van der Waals surface area contributed by atoms with Gasteiger partial charge in [-0.1, -0.05) is 19.4 Å². The van der Waals surface area contributed by atoms with E-state index in [2.05, 4.69) is 10.3 Å². The number of nitrogens with zero attached hydrogens (tertiary/aromatic N) is 1. The van der Waals surface area contributed by atoms with Crippen molar-refractivity contribution in [3.05, 3.63) is 30.1 Å². The van der Waals surface area contributed by atoms with Crippen molar-refractivity contribution in [2.24, 2.45) is 5.73 Å². The SMILES string of the molecule is CCCC(NC(=O)C(N)CC(F)F)c1ccccn1. The number of hydrogen-bond donors (Lipinski definition) is 2. The minimum absolute atomic E-state index is 0.289. The molecule has 2 unspecified atom stereocenters. The summed E-state index contributed by atoms with van der Waals surface area (Å²) in [5.74, 6) is -0.565. The molecule has 106 valence electrons. The van der Waals surface area contributed by atoms with Crippen LogP contribution in [0.4, 0.5) is 8.78 Å². The Morgan fingerprint density at radius 3 is 2.74 bits per heavy atom. The highest BCUT2D eigenvalue weighted by atomic mass is 19.3. The van der Waals surface area contributed by atoms with Gasteiger partial charge in [0.2, 0.25) is 12.3 Å². The van der Waals surface area contributed by atoms with Crippen molar-refractivity contribution in [3.63, 3.8) is 0 Å². The largest absolute Gasteiger partial charge is 0.346 e. The molecule has 2 atom stereocenters. The van der Waals surface area contributed by atoms with Crippen LogP contribution in [-0.2, 0) is 4.79 Å². The van der Waals surface area contributed by atoms with Gasteiger partial charge in [-0.2, -0.15) is 0 Å². The quantitative estimate of drug-likeness (QED) is 0.797. The minimum Gasteiger partial charge on any atom is -0.346 e. The fraction of sp³-hybridized carbons (Fsp3) is 0.538. The molecular formula is C13H19F2N3O. The van der Waals surface area contributed by atoms with Gasteiger partial charge >= 0.3 is 0 Å². The number of pyridine rings is 1. The van der Waals surface area contributed by atoms with Crippen molar-refractivity contribution in [1.29, 1.82) is 0 Å². The standard InChI is InChI=1S/C13H19F2N3O/c1-2-5-11(10-6-3-4-7-17-10)18-13(19)9(16)8-12(14)15/h3-4,6-7,9,11-12H,2,5,8,16H2,1H3,(H,18,19). The van der Waals surface area contributed by atoms with Gasteiger partial charge in [-0.25, -0.2) is 8.78 Å². The summed E-state index contributed by atoms with van der Waals surface area (Å²) in [6.45, 7) is 1.97. The van der Waals surface area contributed by atoms with Gasteiger partial charge in [0.15, 0.2) is 0 Å². The molecule has 4 nitrogen and oxygen atoms in total. The van der Waals surface area contributed by atoms with E-state index in [-0.39, 0.29) is 6.04 Å². The molecule has 1 aromatic heterocycles. The highest BCUT2D eigenvalue weighted by molar-refractivity contribution is 5.81. The number of rotatable bonds is 7. The molecule has 1 rings (SSSR count). The van der Waals surface area contributed by atoms with Gasteiger partial charge < -0.3 is 11.1 Å². The van der Waals surface area contributed by atoms with Crippen molar-refractivity contribution in [1.82, 2.24) is 10.3 Å². The summed E-state index contributed by atoms with van der Waals surface area (Å²) in [4.78, 5) is 15.9. The van der Waals surface area contributed by atoms with Gasteiger partial charge in [0.25, 0.3) is 0 Å². The predicted molar refractivity (Wildman–Crippen MR) is 68.6 cm³/mol. The average Bonchev–Trinajstić information content (AvgIpc) is 2.38. The van der Waals surface area contributed by atoms with Gasteiger partial charge in [-0.15, -0.1) is 0 Å². The lowest BCUT2D eigenvalue weighted by Gasteiger charge is -2.20. The normalized spacial score (nSPS) is 14.2. The number of carbonyl (C=O) groups is 1. The molecule has 1 amide bonds. The Kier molecular flexibility index (Phi) is 6.35. The molecule has 1 aromatic rings. The number of hydrogen-bond acceptors (Lipinski definition) is 3. The third kappa shape index (κ3) is 5.30. The smallest absolute Gasteiger partial charge is 0.240 e. The lowest BCUT2D eigenvalue weighted by Crippen LogP contribution is -2.43. The lowest BCUT2D eigenvalue weighted by molar-refractivity contribution is -0.124. The fourth-order valence-electron chi connectivity index (χ4n) is 1.74. The molecule has 0 saturated carbocycles. The average molecular weight is 271 g/mol. The first-order valence-corrected chi connectivity index (χ1v) is 6.29. The Bertz CT molecular complexity index is 387. The number of nitrogens with one attached hydrogen (secondary N) is 1. The number of alkyl halides is 2. The zero-order valence-electron chi connectivity index (χ0n) is 10.9. The summed E-state index contributed by atoms with van der Waals surface area (Å²) in [5.41, 5.74) is 6.14. The topological polar surface area (TPSA) is 68.0 Å². The molecule has 3 N–H and O–H groups in total. The van der Waals surface area contributed by atoms with Crippen molar-refractivity contribution in [2.45, 2.75) is 44.7 Å². The van der Waals surface area contributed by atoms with Crippen LogP contribution in [0.5, 0.6) is 0 Å². The monoisotopic (exact) mass is 271 g/mol. The van der Waals surface area contributed by atoms with Crippen LogP contribution >= 0.6 is 0 Å². The Morgan fingerprint density at radius 2 is 2.21 bits per heavy atom. The highest BCUT2D eigenvalue weighted by Crippen LogP contribution is 2.16. The van der Waals surface area contributed by atoms with E-state index in [4.69, 9.17) is 5.73 Å². The number of carbonyl (C=O) groups excluding carboxylic acids is 1. The highest BCUT2D eigenvalue weighted by Gasteiger charge is 2.22. The molecule has 0 aromatic carbocycles. The lowest BCUT2D eigenvalue weighted by atomic mass is 10.1. The van der Waals surface area contributed by atoms with Crippen LogP contribution in [0.2, 0.25) is 0 Å². The van der Waals surface area contributed by atoms with Crippen LogP contribution in [0, 0.1) is 0 Å². The summed E-state index contributed by atoms with van der Waals surface area (Å²) >= 11 is 0. The maximum Gasteiger partial charge on any atom is 0.240 e. The molecule has 1 heterocycles. The van der Waals surface area contributed by atoms with E-state index in [9.17, 15) is 13.6 Å². The van der Waals surface area contributed by atoms with Gasteiger partial charge in [0.1, 0.15) is 0 Å². The summed E-state index contributed by atoms with van der Waals surface area (Å²) in [5, 5.41) is 2.68. The first-order chi connectivity index (χ1) is 9.04. The van der Waals surface area contributed by atoms with Crippen LogP contribution < -0.4 is 11.1 Å². The zero-order chi connectivity index (χ0) is 14.3. The van der Waals surface area contributed by atoms with E-state index in [1.165, 1.54) is 0 Å². The van der Waals surface area contributed by atoms with Gasteiger partial charge in [-0.05, 0) is 18.6 Å². The molecule has 0 spiro atoms. The first kappa shape index (κ1) is 15.5. The Balaban J connectivity index is 2.66. The van der Waals surface area contributed by atoms with Crippen LogP contribution in [0.3, 0.4) is 0 Å². The second kappa shape index (κ2) is 7.78. The second-order valence-corrected chi connectivity index (χ2v) is 4.34. The first-order valence-electron chi connectivity index (χ1n) is 6.29. The van der Waals surface area contributed by atoms with Crippen molar-refractivity contribution < 1.29 is 13.6 Å². The maximum absolute atomic E-state index is 12.2. The summed E-state index contributed by atoms with van der Waals surface area (Å²) in [6.07, 6.45) is -0.0634. The second-order valence-electron chi connectivity index (χ2n) is 4.34. The number of amides is 1. The zero-order valence-corrected chi connectivity index (χ0v) is 10.9. The Hall–Kier alpha value is -1.56. The minimum atomic E-state index is -2.58. The number of nitrogens with two attached hydrogens (primary N) is 1. The molecule has 0 radical (unpaired) electrons. The van der Waals surface area contributed by atoms with Crippen LogP contribution in [0.15, 0.2) is 24.4 Å². The molecular weight excluding hydrogens is 252 g/mol. The van der Waals surface area contributed by atoms with E-state index in [1.807, 2.05) is 13.0 Å². The summed E-state index contributed by atoms with van der Waals surface area (Å²) in [6, 6.07) is 3.90. The van der Waals surface area contributed by atoms with Crippen LogP contribution in [0.25, 0.3) is 0 Å². The van der Waals surface area contributed by atoms with E-state index < -0.39 is 24.8 Å². The third-order valence-electron chi connectivity index (χ3n) is 2.71. The summed E-state index contributed by atoms with van der Waals surface area (Å²) in [7, 11) is 0. The van der Waals surface area contributed by atoms with Gasteiger partial charge in [0.05, 0.1) is 17.8 Å². The number of halogens is 2. The van der Waals surface area contributed by atoms with Crippen molar-refractivity contribution >= 4 is 5.91 Å². The summed E-state index contributed by atoms with van der Waals surface area (Å²) < 4.78 is 24.4. The third-order valence-corrected chi connectivity index (χ3v) is 2.71. The molecule has 0 aliphatic rings. The molecule has 0 aliphatic carbocycles. The number of aromatic nitrogens is 1. The Labute approximate surface area is 111 Å². The van der Waals surface area contributed by atoms with Crippen LogP contribution in [-0.4, -0.2) is 23.4 Å². The molecule has 0 saturated heterocycles. The van der Waals surface area contributed by atoms with Crippen molar-refractivity contribution in [3.8, 4) is 0 Å². The van der Waals surface area contributed by atoms with Gasteiger partial charge in [-0.3, -0.25) is 9.78 Å². The molecule has 0 aliphatic heterocycles. The van der Waals surface area contributed by atoms with Crippen molar-refractivity contribution in [2.75, 3.05) is 0 Å². The molecule has 6 heteroatoms. The van der Waals surface area contributed by atoms with E-state index in [0.717, 1.165) is 6.42 Å².